The van der Waals surface area contributed by atoms with Gasteiger partial charge in [0.2, 0.25) is 0 Å². The molecule has 0 atom stereocenters. The Morgan fingerprint density at radius 3 is 2.26 bits per heavy atom. The Morgan fingerprint density at radius 1 is 1.00 bits per heavy atom. The third-order valence-electron chi connectivity index (χ3n) is 4.05. The SMILES string of the molecule is COc1ccc(OC)c(/C=C/C(=O)OCN2C(=O)c3ccccc3C2=O)c1. The van der Waals surface area contributed by atoms with Gasteiger partial charge in [0.25, 0.3) is 11.8 Å². The van der Waals surface area contributed by atoms with Crippen LogP contribution in [0.15, 0.2) is 48.5 Å². The number of amides is 2. The van der Waals surface area contributed by atoms with Crippen molar-refractivity contribution in [2.75, 3.05) is 21.0 Å². The van der Waals surface area contributed by atoms with E-state index < -0.39 is 24.5 Å². The van der Waals surface area contributed by atoms with Crippen molar-refractivity contribution in [1.82, 2.24) is 4.90 Å². The molecule has 2 amide bonds. The van der Waals surface area contributed by atoms with Crippen LogP contribution in [0.4, 0.5) is 0 Å². The first-order chi connectivity index (χ1) is 13.0. The molecule has 2 aromatic carbocycles. The van der Waals surface area contributed by atoms with Gasteiger partial charge in [-0.05, 0) is 36.4 Å². The quantitative estimate of drug-likeness (QED) is 0.443. The van der Waals surface area contributed by atoms with E-state index in [-0.39, 0.29) is 0 Å². The zero-order valence-electron chi connectivity index (χ0n) is 14.8. The van der Waals surface area contributed by atoms with E-state index in [4.69, 9.17) is 14.2 Å². The zero-order chi connectivity index (χ0) is 19.4. The third-order valence-corrected chi connectivity index (χ3v) is 4.05. The lowest BCUT2D eigenvalue weighted by Gasteiger charge is -2.13. The molecule has 2 aromatic rings. The van der Waals surface area contributed by atoms with E-state index >= 15 is 0 Å². The average molecular weight is 367 g/mol. The second kappa shape index (κ2) is 7.74. The molecule has 3 rings (SSSR count). The number of fused-ring (bicyclic) bond motifs is 1. The highest BCUT2D eigenvalue weighted by molar-refractivity contribution is 6.21. The van der Waals surface area contributed by atoms with Crippen LogP contribution in [0.1, 0.15) is 26.3 Å². The van der Waals surface area contributed by atoms with E-state index in [2.05, 4.69) is 0 Å². The fourth-order valence-corrected chi connectivity index (χ4v) is 2.66. The molecule has 0 aromatic heterocycles. The van der Waals surface area contributed by atoms with E-state index in [9.17, 15) is 14.4 Å². The van der Waals surface area contributed by atoms with E-state index in [1.807, 2.05) is 0 Å². The van der Waals surface area contributed by atoms with Crippen LogP contribution in [0.3, 0.4) is 0 Å². The summed E-state index contributed by atoms with van der Waals surface area (Å²) in [6, 6.07) is 11.6. The lowest BCUT2D eigenvalue weighted by atomic mass is 10.1. The number of imide groups is 1. The van der Waals surface area contributed by atoms with E-state index in [0.29, 0.717) is 28.2 Å². The minimum absolute atomic E-state index is 0.301. The summed E-state index contributed by atoms with van der Waals surface area (Å²) in [4.78, 5) is 37.3. The van der Waals surface area contributed by atoms with Crippen LogP contribution in [-0.4, -0.2) is 43.6 Å². The number of ether oxygens (including phenoxy) is 3. The number of carbonyl (C=O) groups is 3. The van der Waals surface area contributed by atoms with Crippen molar-refractivity contribution in [2.24, 2.45) is 0 Å². The normalized spacial score (nSPS) is 13.0. The van der Waals surface area contributed by atoms with Gasteiger partial charge in [-0.25, -0.2) is 9.69 Å². The van der Waals surface area contributed by atoms with Crippen molar-refractivity contribution in [1.29, 1.82) is 0 Å². The predicted octanol–water partition coefficient (Wildman–Crippen LogP) is 2.51. The Kier molecular flexibility index (Phi) is 5.21. The van der Waals surface area contributed by atoms with E-state index in [1.165, 1.54) is 26.4 Å². The summed E-state index contributed by atoms with van der Waals surface area (Å²) < 4.78 is 15.4. The largest absolute Gasteiger partial charge is 0.497 e. The van der Waals surface area contributed by atoms with Crippen LogP contribution in [0, 0.1) is 0 Å². The maximum absolute atomic E-state index is 12.2. The van der Waals surface area contributed by atoms with Crippen LogP contribution in [-0.2, 0) is 9.53 Å². The molecule has 7 heteroatoms. The summed E-state index contributed by atoms with van der Waals surface area (Å²) in [5.41, 5.74) is 1.22. The van der Waals surface area contributed by atoms with Gasteiger partial charge in [0.15, 0.2) is 6.73 Å². The molecule has 27 heavy (non-hydrogen) atoms. The van der Waals surface area contributed by atoms with Gasteiger partial charge in [-0.15, -0.1) is 0 Å². The number of hydrogen-bond acceptors (Lipinski definition) is 6. The minimum atomic E-state index is -0.698. The Balaban J connectivity index is 1.65. The van der Waals surface area contributed by atoms with Crippen LogP contribution >= 0.6 is 0 Å². The molecule has 0 saturated carbocycles. The molecule has 0 fully saturated rings. The summed E-state index contributed by atoms with van der Waals surface area (Å²) in [5.74, 6) is -0.504. The Labute approximate surface area is 155 Å². The highest BCUT2D eigenvalue weighted by Crippen LogP contribution is 2.25. The maximum atomic E-state index is 12.2. The number of esters is 1. The first kappa shape index (κ1) is 18.2. The first-order valence-electron chi connectivity index (χ1n) is 8.07. The van der Waals surface area contributed by atoms with Gasteiger partial charge in [-0.1, -0.05) is 12.1 Å². The van der Waals surface area contributed by atoms with Gasteiger partial charge in [-0.2, -0.15) is 0 Å². The number of rotatable bonds is 6. The fraction of sp³-hybridized carbons (Fsp3) is 0.150. The van der Waals surface area contributed by atoms with Gasteiger partial charge in [0.05, 0.1) is 25.3 Å². The average Bonchev–Trinajstić information content (AvgIpc) is 2.95. The molecule has 1 aliphatic heterocycles. The topological polar surface area (TPSA) is 82.1 Å². The van der Waals surface area contributed by atoms with Crippen molar-refractivity contribution in [2.45, 2.75) is 0 Å². The van der Waals surface area contributed by atoms with Crippen molar-refractivity contribution in [3.8, 4) is 11.5 Å². The van der Waals surface area contributed by atoms with Gasteiger partial charge in [0.1, 0.15) is 11.5 Å². The van der Waals surface area contributed by atoms with Crippen LogP contribution < -0.4 is 9.47 Å². The molecule has 0 spiro atoms. The highest BCUT2D eigenvalue weighted by atomic mass is 16.5. The second-order valence-electron chi connectivity index (χ2n) is 5.62. The Morgan fingerprint density at radius 2 is 1.67 bits per heavy atom. The summed E-state index contributed by atoms with van der Waals surface area (Å²) in [6.07, 6.45) is 2.70. The van der Waals surface area contributed by atoms with Gasteiger partial charge < -0.3 is 14.2 Å². The molecule has 0 bridgehead atoms. The van der Waals surface area contributed by atoms with Gasteiger partial charge in [-0.3, -0.25) is 9.59 Å². The predicted molar refractivity (Wildman–Crippen MR) is 96.5 cm³/mol. The summed E-state index contributed by atoms with van der Waals surface area (Å²) >= 11 is 0. The van der Waals surface area contributed by atoms with Crippen LogP contribution in [0.25, 0.3) is 6.08 Å². The van der Waals surface area contributed by atoms with Crippen molar-refractivity contribution in [3.63, 3.8) is 0 Å². The van der Waals surface area contributed by atoms with Crippen LogP contribution in [0.2, 0.25) is 0 Å². The van der Waals surface area contributed by atoms with Gasteiger partial charge in [0, 0.05) is 11.6 Å². The minimum Gasteiger partial charge on any atom is -0.497 e. The zero-order valence-corrected chi connectivity index (χ0v) is 14.8. The van der Waals surface area contributed by atoms with Crippen molar-refractivity contribution >= 4 is 23.9 Å². The molecule has 1 heterocycles. The van der Waals surface area contributed by atoms with Crippen molar-refractivity contribution < 1.29 is 28.6 Å². The smallest absolute Gasteiger partial charge is 0.332 e. The van der Waals surface area contributed by atoms with E-state index in [0.717, 1.165) is 4.90 Å². The number of benzene rings is 2. The summed E-state index contributed by atoms with van der Waals surface area (Å²) in [6.45, 7) is -0.454. The highest BCUT2D eigenvalue weighted by Gasteiger charge is 2.35. The summed E-state index contributed by atoms with van der Waals surface area (Å²) in [5, 5.41) is 0. The van der Waals surface area contributed by atoms with Crippen LogP contribution in [0.5, 0.6) is 11.5 Å². The lowest BCUT2D eigenvalue weighted by molar-refractivity contribution is -0.140. The molecular weight excluding hydrogens is 350 g/mol. The summed E-state index contributed by atoms with van der Waals surface area (Å²) in [7, 11) is 3.05. The molecule has 0 N–H and O–H groups in total. The lowest BCUT2D eigenvalue weighted by Crippen LogP contribution is -2.32. The molecule has 0 unspecified atom stereocenters. The molecular formula is C20H17NO6. The van der Waals surface area contributed by atoms with E-state index in [1.54, 1.807) is 42.5 Å². The molecule has 1 aliphatic rings. The fourth-order valence-electron chi connectivity index (χ4n) is 2.66. The number of carbonyl (C=O) groups excluding carboxylic acids is 3. The van der Waals surface area contributed by atoms with Gasteiger partial charge >= 0.3 is 5.97 Å². The third kappa shape index (κ3) is 3.67. The maximum Gasteiger partial charge on any atom is 0.332 e. The number of nitrogens with zero attached hydrogens (tertiary/aromatic N) is 1. The molecule has 138 valence electrons. The van der Waals surface area contributed by atoms with Crippen molar-refractivity contribution in [3.05, 3.63) is 65.2 Å². The number of methoxy groups -OCH3 is 2. The standard InChI is InChI=1S/C20H17NO6/c1-25-14-8-9-17(26-2)13(11-14)7-10-18(22)27-12-21-19(23)15-5-3-4-6-16(15)20(21)24/h3-11H,12H2,1-2H3/b10-7+. The molecule has 0 saturated heterocycles. The monoisotopic (exact) mass is 367 g/mol. The molecule has 7 nitrogen and oxygen atoms in total. The number of hydrogen-bond donors (Lipinski definition) is 0. The Hall–Kier alpha value is -3.61. The first-order valence-corrected chi connectivity index (χ1v) is 8.07. The molecule has 0 radical (unpaired) electrons. The second-order valence-corrected chi connectivity index (χ2v) is 5.62. The molecule has 0 aliphatic carbocycles. The Bertz CT molecular complexity index is 899.